The fraction of sp³-hybridized carbons (Fsp3) is 0.464. The second-order valence-corrected chi connectivity index (χ2v) is 11.0. The summed E-state index contributed by atoms with van der Waals surface area (Å²) < 4.78 is 12.2. The molecule has 1 saturated carbocycles. The maximum Gasteiger partial charge on any atom is 0.290 e. The van der Waals surface area contributed by atoms with Crippen LogP contribution in [0.1, 0.15) is 54.9 Å². The quantitative estimate of drug-likeness (QED) is 0.185. The molecule has 0 amide bonds. The molecule has 38 heavy (non-hydrogen) atoms. The fourth-order valence-corrected chi connectivity index (χ4v) is 5.13. The highest BCUT2D eigenvalue weighted by molar-refractivity contribution is 6.42. The summed E-state index contributed by atoms with van der Waals surface area (Å²) in [4.78, 5) is 13.1. The molecule has 0 spiro atoms. The molecule has 1 aliphatic carbocycles. The van der Waals surface area contributed by atoms with E-state index in [2.05, 4.69) is 19.3 Å². The predicted molar refractivity (Wildman–Crippen MR) is 146 cm³/mol. The van der Waals surface area contributed by atoms with Crippen LogP contribution in [0.4, 0.5) is 0 Å². The van der Waals surface area contributed by atoms with Crippen LogP contribution in [0, 0.1) is 5.92 Å². The number of quaternary nitrogens is 1. The zero-order valence-electron chi connectivity index (χ0n) is 21.9. The number of hydrogen-bond donors (Lipinski definition) is 2. The van der Waals surface area contributed by atoms with Gasteiger partial charge in [-0.1, -0.05) is 84.0 Å². The molecule has 0 saturated heterocycles. The third kappa shape index (κ3) is 8.01. The van der Waals surface area contributed by atoms with Crippen molar-refractivity contribution in [2.45, 2.75) is 50.9 Å². The molecule has 4 rings (SSSR count). The van der Waals surface area contributed by atoms with E-state index < -0.39 is 5.60 Å². The van der Waals surface area contributed by atoms with Crippen LogP contribution in [0.25, 0.3) is 0 Å². The van der Waals surface area contributed by atoms with Crippen molar-refractivity contribution in [3.05, 3.63) is 81.4 Å². The molecule has 1 unspecified atom stereocenters. The Morgan fingerprint density at radius 1 is 1.11 bits per heavy atom. The van der Waals surface area contributed by atoms with E-state index in [9.17, 15) is 5.11 Å². The van der Waals surface area contributed by atoms with Gasteiger partial charge in [-0.25, -0.2) is 0 Å². The van der Waals surface area contributed by atoms with Gasteiger partial charge in [-0.3, -0.25) is 4.79 Å². The third-order valence-electron chi connectivity index (χ3n) is 6.87. The minimum absolute atomic E-state index is 0.0595. The third-order valence-corrected chi connectivity index (χ3v) is 7.61. The molecular formula is C28H36Cl2N3O5+. The molecule has 2 N–H and O–H groups in total. The van der Waals surface area contributed by atoms with E-state index >= 15 is 0 Å². The summed E-state index contributed by atoms with van der Waals surface area (Å²) >= 11 is 12.1. The standard InChI is InChI=1S/C27H34Cl2N3O3.CH2O2/c1-32(2,15-16-34-19-20-13-14-23(28)24(29)17-20)18-25-30-26(35-31-25)27(33,21-9-5-3-6-10-21)22-11-7-4-8-12-22;2-1-3/h3,5-6,9-10,13-14,17,22,33H,4,7-8,11-12,15-16,18-19H2,1-2H3;1H,(H,2,3)/q+1;. The van der Waals surface area contributed by atoms with Gasteiger partial charge in [0.2, 0.25) is 5.82 Å². The first-order chi connectivity index (χ1) is 18.2. The van der Waals surface area contributed by atoms with Gasteiger partial charge in [-0.2, -0.15) is 4.98 Å². The fourth-order valence-electron chi connectivity index (χ4n) is 4.81. The van der Waals surface area contributed by atoms with E-state index in [1.807, 2.05) is 42.5 Å². The zero-order valence-corrected chi connectivity index (χ0v) is 23.4. The number of ether oxygens (including phenoxy) is 1. The molecule has 10 heteroatoms. The van der Waals surface area contributed by atoms with Crippen molar-refractivity contribution in [3.63, 3.8) is 0 Å². The van der Waals surface area contributed by atoms with Crippen molar-refractivity contribution in [2.24, 2.45) is 5.92 Å². The first kappa shape index (κ1) is 30.1. The lowest BCUT2D eigenvalue weighted by Crippen LogP contribution is -2.42. The Morgan fingerprint density at radius 2 is 1.79 bits per heavy atom. The summed E-state index contributed by atoms with van der Waals surface area (Å²) in [6, 6.07) is 15.2. The number of carbonyl (C=O) groups is 1. The number of rotatable bonds is 10. The highest BCUT2D eigenvalue weighted by Crippen LogP contribution is 2.43. The number of benzene rings is 2. The molecule has 1 aliphatic rings. The molecule has 1 fully saturated rings. The van der Waals surface area contributed by atoms with E-state index in [-0.39, 0.29) is 12.4 Å². The Bertz CT molecular complexity index is 1150. The van der Waals surface area contributed by atoms with Crippen LogP contribution in [-0.4, -0.2) is 58.6 Å². The molecule has 1 atom stereocenters. The van der Waals surface area contributed by atoms with Crippen LogP contribution < -0.4 is 0 Å². The smallest absolute Gasteiger partial charge is 0.290 e. The lowest BCUT2D eigenvalue weighted by Gasteiger charge is -2.36. The maximum atomic E-state index is 12.0. The van der Waals surface area contributed by atoms with Crippen molar-refractivity contribution < 1.29 is 28.8 Å². The van der Waals surface area contributed by atoms with Crippen LogP contribution in [0.5, 0.6) is 0 Å². The van der Waals surface area contributed by atoms with Gasteiger partial charge in [-0.05, 0) is 36.1 Å². The first-order valence-electron chi connectivity index (χ1n) is 12.7. The highest BCUT2D eigenvalue weighted by atomic mass is 35.5. The van der Waals surface area contributed by atoms with Gasteiger partial charge >= 0.3 is 0 Å². The molecule has 206 valence electrons. The maximum absolute atomic E-state index is 12.0. The van der Waals surface area contributed by atoms with Crippen molar-refractivity contribution in [1.82, 2.24) is 10.1 Å². The van der Waals surface area contributed by atoms with Gasteiger partial charge in [-0.15, -0.1) is 0 Å². The Morgan fingerprint density at radius 3 is 2.45 bits per heavy atom. The van der Waals surface area contributed by atoms with Gasteiger partial charge in [0, 0.05) is 5.92 Å². The zero-order chi connectivity index (χ0) is 27.6. The summed E-state index contributed by atoms with van der Waals surface area (Å²) in [6.45, 7) is 2.11. The van der Waals surface area contributed by atoms with Crippen molar-refractivity contribution in [3.8, 4) is 0 Å². The van der Waals surface area contributed by atoms with E-state index in [1.165, 1.54) is 6.42 Å². The monoisotopic (exact) mass is 564 g/mol. The van der Waals surface area contributed by atoms with E-state index in [0.29, 0.717) is 46.0 Å². The summed E-state index contributed by atoms with van der Waals surface area (Å²) in [7, 11) is 4.20. The summed E-state index contributed by atoms with van der Waals surface area (Å²) in [6.07, 6.45) is 5.30. The normalized spacial score (nSPS) is 15.8. The Hall–Kier alpha value is -2.49. The van der Waals surface area contributed by atoms with Crippen LogP contribution in [0.3, 0.4) is 0 Å². The van der Waals surface area contributed by atoms with Gasteiger partial charge in [0.1, 0.15) is 13.1 Å². The average Bonchev–Trinajstić information content (AvgIpc) is 3.38. The van der Waals surface area contributed by atoms with Gasteiger partial charge in [0.05, 0.1) is 37.4 Å². The lowest BCUT2D eigenvalue weighted by atomic mass is 9.73. The van der Waals surface area contributed by atoms with Crippen LogP contribution in [0.2, 0.25) is 10.0 Å². The number of hydrogen-bond acceptors (Lipinski definition) is 6. The van der Waals surface area contributed by atoms with Crippen LogP contribution >= 0.6 is 23.2 Å². The minimum Gasteiger partial charge on any atom is -0.483 e. The molecule has 0 bridgehead atoms. The molecule has 1 aromatic heterocycles. The number of aliphatic hydroxyl groups is 1. The number of halogens is 2. The topological polar surface area (TPSA) is 106 Å². The predicted octanol–water partition coefficient (Wildman–Crippen LogP) is 5.69. The average molecular weight is 566 g/mol. The minimum atomic E-state index is -1.27. The molecule has 0 radical (unpaired) electrons. The summed E-state index contributed by atoms with van der Waals surface area (Å²) in [5, 5.41) is 24.2. The van der Waals surface area contributed by atoms with E-state index in [0.717, 1.165) is 43.4 Å². The largest absolute Gasteiger partial charge is 0.483 e. The molecular weight excluding hydrogens is 529 g/mol. The number of likely N-dealkylation sites (N-methyl/N-ethyl adjacent to an activating group) is 1. The number of nitrogens with zero attached hydrogens (tertiary/aromatic N) is 3. The first-order valence-corrected chi connectivity index (χ1v) is 13.5. The second-order valence-electron chi connectivity index (χ2n) is 10.2. The SMILES string of the molecule is C[N+](C)(CCOCc1ccc(Cl)c(Cl)c1)Cc1noc(C(O)(c2ccccc2)C2CCCCC2)n1.O=CO. The summed E-state index contributed by atoms with van der Waals surface area (Å²) in [5.74, 6) is 0.935. The van der Waals surface area contributed by atoms with Crippen LogP contribution in [-0.2, 0) is 28.3 Å². The molecule has 3 aromatic rings. The Kier molecular flexibility index (Phi) is 11.1. The van der Waals surface area contributed by atoms with Crippen molar-refractivity contribution in [2.75, 3.05) is 27.2 Å². The molecule has 8 nitrogen and oxygen atoms in total. The van der Waals surface area contributed by atoms with Gasteiger partial charge < -0.3 is 24.0 Å². The second kappa shape index (κ2) is 14.1. The Labute approximate surface area is 233 Å². The van der Waals surface area contributed by atoms with Gasteiger partial charge in [0.15, 0.2) is 5.60 Å². The van der Waals surface area contributed by atoms with Crippen molar-refractivity contribution >= 4 is 29.7 Å². The van der Waals surface area contributed by atoms with Crippen LogP contribution in [0.15, 0.2) is 53.1 Å². The number of carboxylic acid groups (broad SMARTS) is 1. The number of aromatic nitrogens is 2. The molecule has 2 aromatic carbocycles. The molecule has 0 aliphatic heterocycles. The van der Waals surface area contributed by atoms with Crippen molar-refractivity contribution in [1.29, 1.82) is 0 Å². The highest BCUT2D eigenvalue weighted by Gasteiger charge is 2.45. The van der Waals surface area contributed by atoms with E-state index in [1.54, 1.807) is 6.07 Å². The Balaban J connectivity index is 0.00000127. The molecule has 1 heterocycles. The summed E-state index contributed by atoms with van der Waals surface area (Å²) in [5.41, 5.74) is 0.523. The lowest BCUT2D eigenvalue weighted by molar-refractivity contribution is -0.904. The van der Waals surface area contributed by atoms with E-state index in [4.69, 9.17) is 47.3 Å². The van der Waals surface area contributed by atoms with Gasteiger partial charge in [0.25, 0.3) is 12.4 Å².